The predicted octanol–water partition coefficient (Wildman–Crippen LogP) is -5.00. The molecule has 22 unspecified atom stereocenters. The zero-order valence-corrected chi connectivity index (χ0v) is 36.7. The van der Waals surface area contributed by atoms with E-state index in [2.05, 4.69) is 13.5 Å². The number of carbonyl (C=O) groups excluding carboxylic acids is 1. The van der Waals surface area contributed by atoms with Crippen molar-refractivity contribution in [2.75, 3.05) is 26.4 Å². The number of esters is 1. The van der Waals surface area contributed by atoms with Crippen LogP contribution in [0.15, 0.2) is 12.2 Å². The number of allylic oxidation sites excluding steroid dienone is 1. The number of ether oxygens (including phenoxy) is 6. The number of aliphatic hydroxyl groups is 15. The molecule has 0 aromatic rings. The molecular formula is C43H72O22. The van der Waals surface area contributed by atoms with Crippen molar-refractivity contribution in [3.63, 3.8) is 0 Å². The Kier molecular flexibility index (Phi) is 17.5. The molecule has 22 heteroatoms. The minimum atomic E-state index is -2.05. The lowest BCUT2D eigenvalue weighted by atomic mass is 9.45. The Morgan fingerprint density at radius 2 is 1.18 bits per heavy atom. The Hall–Kier alpha value is -1.59. The van der Waals surface area contributed by atoms with Gasteiger partial charge in [0.1, 0.15) is 91.6 Å². The summed E-state index contributed by atoms with van der Waals surface area (Å²) in [5.74, 6) is -1.21. The van der Waals surface area contributed by atoms with Gasteiger partial charge in [0, 0.05) is 0 Å². The lowest BCUT2D eigenvalue weighted by molar-refractivity contribution is -0.350. The summed E-state index contributed by atoms with van der Waals surface area (Å²) in [6, 6.07) is 0. The first-order chi connectivity index (χ1) is 30.7. The lowest BCUT2D eigenvalue weighted by Crippen LogP contribution is -2.63. The van der Waals surface area contributed by atoms with Gasteiger partial charge in [-0.05, 0) is 87.4 Å². The van der Waals surface area contributed by atoms with Gasteiger partial charge in [0.25, 0.3) is 0 Å². The zero-order chi connectivity index (χ0) is 47.9. The summed E-state index contributed by atoms with van der Waals surface area (Å²) in [6.45, 7) is 5.10. The van der Waals surface area contributed by atoms with Crippen LogP contribution in [-0.2, 0) is 33.2 Å². The highest BCUT2D eigenvalue weighted by Crippen LogP contribution is 2.64. The minimum Gasteiger partial charge on any atom is -0.432 e. The fourth-order valence-electron chi connectivity index (χ4n) is 11.9. The molecule has 6 rings (SSSR count). The van der Waals surface area contributed by atoms with Crippen LogP contribution in [0.3, 0.4) is 0 Å². The summed E-state index contributed by atoms with van der Waals surface area (Å²) in [4.78, 5) is 14.2. The van der Waals surface area contributed by atoms with Crippen molar-refractivity contribution < 1.29 is 110 Å². The van der Waals surface area contributed by atoms with Gasteiger partial charge in [0.2, 0.25) is 6.29 Å². The molecule has 0 spiro atoms. The molecule has 6 fully saturated rings. The summed E-state index contributed by atoms with van der Waals surface area (Å²) >= 11 is 0. The van der Waals surface area contributed by atoms with E-state index in [1.54, 1.807) is 0 Å². The Morgan fingerprint density at radius 1 is 0.677 bits per heavy atom. The first-order valence-electron chi connectivity index (χ1n) is 22.7. The molecule has 0 bridgehead atoms. The molecule has 376 valence electrons. The quantitative estimate of drug-likeness (QED) is 0.0540. The largest absolute Gasteiger partial charge is 0.432 e. The van der Waals surface area contributed by atoms with Gasteiger partial charge in [0.15, 0.2) is 12.6 Å². The average Bonchev–Trinajstić information content (AvgIpc) is 3.45. The molecule has 3 heterocycles. The van der Waals surface area contributed by atoms with Crippen LogP contribution in [0.2, 0.25) is 0 Å². The van der Waals surface area contributed by atoms with E-state index in [0.29, 0.717) is 44.9 Å². The predicted molar refractivity (Wildman–Crippen MR) is 217 cm³/mol. The number of aliphatic hydroxyl groups excluding tert-OH is 15. The van der Waals surface area contributed by atoms with Crippen molar-refractivity contribution in [3.8, 4) is 0 Å². The van der Waals surface area contributed by atoms with Crippen molar-refractivity contribution in [2.45, 2.75) is 188 Å². The second-order valence-corrected chi connectivity index (χ2v) is 19.7. The number of rotatable bonds is 15. The summed E-state index contributed by atoms with van der Waals surface area (Å²) in [6.07, 6.45) is -28.5. The summed E-state index contributed by atoms with van der Waals surface area (Å²) in [7, 11) is 0. The van der Waals surface area contributed by atoms with Gasteiger partial charge in [-0.1, -0.05) is 25.5 Å². The smallest absolute Gasteiger partial charge is 0.314 e. The Bertz CT molecular complexity index is 1570. The van der Waals surface area contributed by atoms with Crippen molar-refractivity contribution in [1.82, 2.24) is 0 Å². The number of carbonyl (C=O) groups is 1. The molecule has 0 aromatic heterocycles. The second-order valence-electron chi connectivity index (χ2n) is 19.7. The maximum absolute atomic E-state index is 14.2. The van der Waals surface area contributed by atoms with E-state index in [9.17, 15) is 81.4 Å². The zero-order valence-electron chi connectivity index (χ0n) is 36.7. The molecule has 6 aliphatic rings. The molecule has 3 aliphatic heterocycles. The van der Waals surface area contributed by atoms with E-state index in [0.717, 1.165) is 12.0 Å². The van der Waals surface area contributed by atoms with Crippen molar-refractivity contribution in [3.05, 3.63) is 12.2 Å². The third-order valence-corrected chi connectivity index (χ3v) is 15.8. The molecule has 65 heavy (non-hydrogen) atoms. The molecule has 0 aromatic carbocycles. The van der Waals surface area contributed by atoms with Gasteiger partial charge in [-0.15, -0.1) is 0 Å². The fourth-order valence-corrected chi connectivity index (χ4v) is 11.9. The third kappa shape index (κ3) is 10.3. The highest BCUT2D eigenvalue weighted by molar-refractivity contribution is 5.77. The van der Waals surface area contributed by atoms with Crippen molar-refractivity contribution in [2.24, 2.45) is 34.5 Å². The monoisotopic (exact) mass is 940 g/mol. The molecule has 0 radical (unpaired) electrons. The van der Waals surface area contributed by atoms with Gasteiger partial charge in [-0.3, -0.25) is 4.79 Å². The van der Waals surface area contributed by atoms with Crippen molar-refractivity contribution >= 4 is 5.97 Å². The van der Waals surface area contributed by atoms with Gasteiger partial charge >= 0.3 is 5.97 Å². The van der Waals surface area contributed by atoms with E-state index in [1.165, 1.54) is 0 Å². The maximum atomic E-state index is 14.2. The van der Waals surface area contributed by atoms with E-state index in [-0.39, 0.29) is 24.2 Å². The number of hydrogen-bond donors (Lipinski definition) is 15. The van der Waals surface area contributed by atoms with Gasteiger partial charge in [0.05, 0.1) is 37.9 Å². The lowest BCUT2D eigenvalue weighted by Gasteiger charge is -2.59. The average molecular weight is 941 g/mol. The summed E-state index contributed by atoms with van der Waals surface area (Å²) < 4.78 is 34.9. The molecular weight excluding hydrogens is 868 g/mol. The topological polar surface area (TPSA) is 376 Å². The highest BCUT2D eigenvalue weighted by Gasteiger charge is 2.61. The molecule has 3 saturated carbocycles. The van der Waals surface area contributed by atoms with Crippen LogP contribution >= 0.6 is 0 Å². The highest BCUT2D eigenvalue weighted by atomic mass is 16.7. The molecule has 25 atom stereocenters. The fraction of sp³-hybridized carbons (Fsp3) is 0.930. The third-order valence-electron chi connectivity index (χ3n) is 15.8. The Labute approximate surface area is 376 Å². The first-order valence-corrected chi connectivity index (χ1v) is 22.7. The van der Waals surface area contributed by atoms with Crippen LogP contribution in [0, 0.1) is 34.5 Å². The van der Waals surface area contributed by atoms with Crippen molar-refractivity contribution in [1.29, 1.82) is 0 Å². The van der Waals surface area contributed by atoms with E-state index < -0.39 is 166 Å². The van der Waals surface area contributed by atoms with E-state index in [4.69, 9.17) is 28.4 Å². The first kappa shape index (κ1) is 52.8. The molecule has 0 amide bonds. The number of fused-ring (bicyclic) bond motifs is 3. The SMILES string of the molecule is C=C1CC2CCC3[C@](C)(C(=O)OC4OC(CO)C(O)C(O)C4O)CCC[C@@]3(C)[C@@H]2CCC1CC(OC1OC(CO)C(O)C(O)C1O)C(OC1OC(CO)C(O)C(O)C1O)C(O)C(O)CO. The molecule has 3 aliphatic carbocycles. The van der Waals surface area contributed by atoms with E-state index in [1.807, 2.05) is 6.92 Å². The van der Waals surface area contributed by atoms with Gasteiger partial charge in [-0.2, -0.15) is 0 Å². The van der Waals surface area contributed by atoms with Crippen LogP contribution in [0.1, 0.15) is 71.6 Å². The van der Waals surface area contributed by atoms with Crippen LogP contribution in [0.25, 0.3) is 0 Å². The second kappa shape index (κ2) is 21.6. The summed E-state index contributed by atoms with van der Waals surface area (Å²) in [5, 5.41) is 157. The van der Waals surface area contributed by atoms with Gasteiger partial charge in [-0.25, -0.2) is 0 Å². The maximum Gasteiger partial charge on any atom is 0.314 e. The standard InChI is InChI=1S/C43H72O22/c1-17-11-19-6-8-26-42(2,9-4-10-43(26,3)41(59)65-40-36(58)33(55)30(52)25(16-47)63-40)20(19)7-5-18(17)12-22(60-38-34(56)31(53)28(50)23(14-45)61-38)37(27(49)21(48)13-44)64-39-35(57)32(54)29(51)24(15-46)62-39/h18-40,44-58H,1,4-16H2,2-3H3/t18?,19?,20-,21?,22?,23?,24?,25?,26?,27?,28?,29?,30?,31?,32?,33?,34?,35?,36?,37?,38?,39?,40?,42+,43-/m1/s1. The van der Waals surface area contributed by atoms with Crippen LogP contribution in [0.5, 0.6) is 0 Å². The van der Waals surface area contributed by atoms with Crippen LogP contribution in [0.4, 0.5) is 0 Å². The van der Waals surface area contributed by atoms with Gasteiger partial charge < -0.3 is 105 Å². The number of hydrogen-bond acceptors (Lipinski definition) is 22. The Morgan fingerprint density at radius 3 is 1.71 bits per heavy atom. The minimum absolute atomic E-state index is 0.0236. The molecule has 3 saturated heterocycles. The molecule has 22 nitrogen and oxygen atoms in total. The Balaban J connectivity index is 1.27. The summed E-state index contributed by atoms with van der Waals surface area (Å²) in [5.41, 5.74) is -0.726. The van der Waals surface area contributed by atoms with Crippen LogP contribution < -0.4 is 0 Å². The van der Waals surface area contributed by atoms with Crippen LogP contribution in [-0.4, -0.2) is 226 Å². The molecule has 15 N–H and O–H groups in total. The normalized spacial score (nSPS) is 48.0. The van der Waals surface area contributed by atoms with E-state index >= 15 is 0 Å².